The van der Waals surface area contributed by atoms with Crippen molar-refractivity contribution < 1.29 is 9.90 Å². The Morgan fingerprint density at radius 2 is 2.16 bits per heavy atom. The van der Waals surface area contributed by atoms with Crippen molar-refractivity contribution in [2.75, 3.05) is 0 Å². The molecule has 2 rings (SSSR count). The molecule has 0 aliphatic carbocycles. The Hall–Kier alpha value is -2.11. The number of aromatic nitrogens is 4. The topological polar surface area (TPSA) is 72.9 Å². The number of aryl methyl sites for hydroxylation is 1. The van der Waals surface area contributed by atoms with E-state index in [-0.39, 0.29) is 11.6 Å². The van der Waals surface area contributed by atoms with Crippen molar-refractivity contribution in [2.45, 2.75) is 39.8 Å². The third kappa shape index (κ3) is 2.52. The minimum atomic E-state index is -0.964. The summed E-state index contributed by atoms with van der Waals surface area (Å²) in [7, 11) is 0. The molecule has 0 radical (unpaired) electrons. The van der Waals surface area contributed by atoms with Crippen LogP contribution in [0.25, 0.3) is 11.3 Å². The number of hydrogen-bond donors (Lipinski definition) is 1. The van der Waals surface area contributed by atoms with Gasteiger partial charge in [-0.25, -0.2) is 4.79 Å². The van der Waals surface area contributed by atoms with Crippen LogP contribution in [0.15, 0.2) is 18.6 Å². The predicted octanol–water partition coefficient (Wildman–Crippen LogP) is 2.44. The number of carboxylic acid groups (broad SMARTS) is 1. The Labute approximate surface area is 111 Å². The average molecular weight is 262 g/mol. The summed E-state index contributed by atoms with van der Waals surface area (Å²) < 4.78 is 3.46. The van der Waals surface area contributed by atoms with Gasteiger partial charge >= 0.3 is 5.97 Å². The fraction of sp³-hybridized carbons (Fsp3) is 0.462. The van der Waals surface area contributed by atoms with Crippen LogP contribution in [0.5, 0.6) is 0 Å². The summed E-state index contributed by atoms with van der Waals surface area (Å²) in [6, 6.07) is 0.174. The zero-order valence-electron chi connectivity index (χ0n) is 11.4. The van der Waals surface area contributed by atoms with Gasteiger partial charge in [-0.15, -0.1) is 0 Å². The van der Waals surface area contributed by atoms with E-state index in [1.165, 1.54) is 0 Å². The molecular formula is C13H18N4O2. The Bertz CT molecular complexity index is 585. The van der Waals surface area contributed by atoms with Crippen LogP contribution in [0, 0.1) is 0 Å². The van der Waals surface area contributed by atoms with E-state index in [0.29, 0.717) is 5.69 Å². The molecule has 0 saturated carbocycles. The lowest BCUT2D eigenvalue weighted by molar-refractivity contribution is 0.0697. The molecule has 1 unspecified atom stereocenters. The van der Waals surface area contributed by atoms with E-state index in [4.69, 9.17) is 0 Å². The number of hydrogen-bond acceptors (Lipinski definition) is 3. The lowest BCUT2D eigenvalue weighted by Gasteiger charge is -2.07. The smallest absolute Gasteiger partial charge is 0.339 e. The molecule has 1 N–H and O–H groups in total. The van der Waals surface area contributed by atoms with Gasteiger partial charge in [-0.3, -0.25) is 9.36 Å². The molecule has 0 spiro atoms. The van der Waals surface area contributed by atoms with Crippen molar-refractivity contribution >= 4 is 5.97 Å². The monoisotopic (exact) mass is 262 g/mol. The molecule has 2 aromatic heterocycles. The lowest BCUT2D eigenvalue weighted by atomic mass is 10.1. The second-order valence-electron chi connectivity index (χ2n) is 4.52. The van der Waals surface area contributed by atoms with E-state index in [0.717, 1.165) is 18.5 Å². The first-order chi connectivity index (χ1) is 9.06. The molecule has 2 heterocycles. The second kappa shape index (κ2) is 5.26. The lowest BCUT2D eigenvalue weighted by Crippen LogP contribution is -2.04. The van der Waals surface area contributed by atoms with Crippen molar-refractivity contribution in [3.63, 3.8) is 0 Å². The normalized spacial score (nSPS) is 12.6. The summed E-state index contributed by atoms with van der Waals surface area (Å²) >= 11 is 0. The quantitative estimate of drug-likeness (QED) is 0.898. The summed E-state index contributed by atoms with van der Waals surface area (Å²) in [5.41, 5.74) is 1.43. The maximum atomic E-state index is 11.3. The van der Waals surface area contributed by atoms with Crippen LogP contribution in [-0.4, -0.2) is 30.6 Å². The van der Waals surface area contributed by atoms with Crippen LogP contribution in [0.4, 0.5) is 0 Å². The molecule has 6 nitrogen and oxygen atoms in total. The summed E-state index contributed by atoms with van der Waals surface area (Å²) in [5, 5.41) is 17.8. The van der Waals surface area contributed by atoms with Gasteiger partial charge in [0.1, 0.15) is 11.3 Å². The molecular weight excluding hydrogens is 244 g/mol. The Morgan fingerprint density at radius 1 is 1.42 bits per heavy atom. The van der Waals surface area contributed by atoms with Gasteiger partial charge < -0.3 is 5.11 Å². The van der Waals surface area contributed by atoms with E-state index in [9.17, 15) is 9.90 Å². The molecule has 0 aliphatic rings. The summed E-state index contributed by atoms with van der Waals surface area (Å²) in [6.07, 6.45) is 5.96. The average Bonchev–Trinajstić information content (AvgIpc) is 3.03. The van der Waals surface area contributed by atoms with Crippen LogP contribution in [0.2, 0.25) is 0 Å². The molecule has 0 saturated heterocycles. The van der Waals surface area contributed by atoms with Crippen molar-refractivity contribution in [1.82, 2.24) is 19.6 Å². The van der Waals surface area contributed by atoms with Crippen molar-refractivity contribution in [3.8, 4) is 11.3 Å². The Kier molecular flexibility index (Phi) is 3.69. The maximum absolute atomic E-state index is 11.3. The highest BCUT2D eigenvalue weighted by Gasteiger charge is 2.19. The number of aromatic carboxylic acids is 1. The Morgan fingerprint density at radius 3 is 2.68 bits per heavy atom. The van der Waals surface area contributed by atoms with Gasteiger partial charge in [-0.2, -0.15) is 10.2 Å². The van der Waals surface area contributed by atoms with Gasteiger partial charge in [-0.05, 0) is 20.3 Å². The molecule has 102 valence electrons. The standard InChI is InChI=1S/C13H18N4O2/c1-4-9(3)17-8-11(13(18)19)12(15-17)10-6-14-16(5-2)7-10/h6-9H,4-5H2,1-3H3,(H,18,19). The zero-order chi connectivity index (χ0) is 14.0. The summed E-state index contributed by atoms with van der Waals surface area (Å²) in [5.74, 6) is -0.964. The number of rotatable bonds is 5. The SMILES string of the molecule is CCC(C)n1cc(C(=O)O)c(-c2cnn(CC)c2)n1. The molecule has 0 amide bonds. The van der Waals surface area contributed by atoms with Gasteiger partial charge in [0.2, 0.25) is 0 Å². The van der Waals surface area contributed by atoms with Crippen LogP contribution in [0.3, 0.4) is 0 Å². The highest BCUT2D eigenvalue weighted by molar-refractivity contribution is 5.94. The first-order valence-electron chi connectivity index (χ1n) is 6.42. The van der Waals surface area contributed by atoms with Gasteiger partial charge in [-0.1, -0.05) is 6.92 Å². The molecule has 0 aliphatic heterocycles. The van der Waals surface area contributed by atoms with Crippen LogP contribution in [0.1, 0.15) is 43.6 Å². The maximum Gasteiger partial charge on any atom is 0.339 e. The fourth-order valence-corrected chi connectivity index (χ4v) is 1.83. The third-order valence-corrected chi connectivity index (χ3v) is 3.24. The number of carboxylic acids is 1. The van der Waals surface area contributed by atoms with E-state index in [1.807, 2.05) is 27.0 Å². The van der Waals surface area contributed by atoms with Crippen molar-refractivity contribution in [3.05, 3.63) is 24.2 Å². The first-order valence-corrected chi connectivity index (χ1v) is 6.42. The zero-order valence-corrected chi connectivity index (χ0v) is 11.4. The van der Waals surface area contributed by atoms with Crippen LogP contribution in [-0.2, 0) is 6.54 Å². The van der Waals surface area contributed by atoms with Crippen molar-refractivity contribution in [2.24, 2.45) is 0 Å². The summed E-state index contributed by atoms with van der Waals surface area (Å²) in [4.78, 5) is 11.3. The molecule has 2 aromatic rings. The number of carbonyl (C=O) groups is 1. The van der Waals surface area contributed by atoms with Crippen molar-refractivity contribution in [1.29, 1.82) is 0 Å². The van der Waals surface area contributed by atoms with Gasteiger partial charge in [0.25, 0.3) is 0 Å². The van der Waals surface area contributed by atoms with Gasteiger partial charge in [0, 0.05) is 30.5 Å². The first kappa shape index (κ1) is 13.3. The Balaban J connectivity index is 2.48. The minimum absolute atomic E-state index is 0.174. The largest absolute Gasteiger partial charge is 0.478 e. The van der Waals surface area contributed by atoms with Crippen LogP contribution >= 0.6 is 0 Å². The minimum Gasteiger partial charge on any atom is -0.478 e. The highest BCUT2D eigenvalue weighted by atomic mass is 16.4. The molecule has 19 heavy (non-hydrogen) atoms. The van der Waals surface area contributed by atoms with E-state index >= 15 is 0 Å². The summed E-state index contributed by atoms with van der Waals surface area (Å²) in [6.45, 7) is 6.78. The molecule has 1 atom stereocenters. The molecule has 6 heteroatoms. The van der Waals surface area contributed by atoms with Gasteiger partial charge in [0.15, 0.2) is 0 Å². The van der Waals surface area contributed by atoms with Gasteiger partial charge in [0.05, 0.1) is 6.20 Å². The van der Waals surface area contributed by atoms with Crippen LogP contribution < -0.4 is 0 Å². The molecule has 0 bridgehead atoms. The molecule has 0 fully saturated rings. The fourth-order valence-electron chi connectivity index (χ4n) is 1.83. The molecule has 0 aromatic carbocycles. The van der Waals surface area contributed by atoms with E-state index < -0.39 is 5.97 Å². The highest BCUT2D eigenvalue weighted by Crippen LogP contribution is 2.24. The number of nitrogens with zero attached hydrogens (tertiary/aromatic N) is 4. The van der Waals surface area contributed by atoms with E-state index in [1.54, 1.807) is 21.8 Å². The predicted molar refractivity (Wildman–Crippen MR) is 71.1 cm³/mol. The third-order valence-electron chi connectivity index (χ3n) is 3.24. The van der Waals surface area contributed by atoms with E-state index in [2.05, 4.69) is 10.2 Å². The second-order valence-corrected chi connectivity index (χ2v) is 4.52.